The summed E-state index contributed by atoms with van der Waals surface area (Å²) in [4.78, 5) is 0. The van der Waals surface area contributed by atoms with Crippen LogP contribution >= 0.6 is 11.6 Å². The van der Waals surface area contributed by atoms with E-state index in [0.717, 1.165) is 5.02 Å². The van der Waals surface area contributed by atoms with Gasteiger partial charge in [-0.2, -0.15) is 0 Å². The van der Waals surface area contributed by atoms with Crippen molar-refractivity contribution in [1.29, 1.82) is 0 Å². The van der Waals surface area contributed by atoms with Crippen LogP contribution in [0.3, 0.4) is 0 Å². The lowest BCUT2D eigenvalue weighted by Gasteiger charge is -1.80. The van der Waals surface area contributed by atoms with Gasteiger partial charge in [0.25, 0.3) is 0 Å². The molecule has 1 aromatic rings. The lowest BCUT2D eigenvalue weighted by molar-refractivity contribution is 1.71. The number of benzene rings is 1. The summed E-state index contributed by atoms with van der Waals surface area (Å²) < 4.78 is 0. The van der Waals surface area contributed by atoms with Crippen LogP contribution in [-0.4, -0.2) is 0 Å². The van der Waals surface area contributed by atoms with E-state index in [1.165, 1.54) is 0 Å². The standard InChI is InChI=1S/C6H5Cl/c7-6-4-2-1-3-5-6/h1-5H/i1+1. The molecule has 1 heteroatoms. The predicted octanol–water partition coefficient (Wildman–Crippen LogP) is 2.34. The molecule has 0 heterocycles. The summed E-state index contributed by atoms with van der Waals surface area (Å²) >= 11 is 5.54. The highest BCUT2D eigenvalue weighted by Crippen LogP contribution is 2.03. The zero-order valence-electron chi connectivity index (χ0n) is 3.76. The Morgan fingerprint density at radius 2 is 1.57 bits per heavy atom. The topological polar surface area (TPSA) is 0 Å². The van der Waals surface area contributed by atoms with Crippen LogP contribution in [0.4, 0.5) is 0 Å². The normalized spacial score (nSPS) is 8.71. The van der Waals surface area contributed by atoms with Gasteiger partial charge in [-0.1, -0.05) is 29.8 Å². The molecule has 0 fully saturated rings. The second-order valence-corrected chi connectivity index (χ2v) is 1.73. The van der Waals surface area contributed by atoms with Crippen molar-refractivity contribution in [3.8, 4) is 0 Å². The van der Waals surface area contributed by atoms with Crippen LogP contribution in [0.15, 0.2) is 30.3 Å². The maximum Gasteiger partial charge on any atom is 0.0405 e. The Balaban J connectivity index is 3.02. The molecular weight excluding hydrogens is 109 g/mol. The molecule has 0 nitrogen and oxygen atoms in total. The molecule has 0 aromatic heterocycles. The molecular formula is C6H5Cl. The number of rotatable bonds is 0. The summed E-state index contributed by atoms with van der Waals surface area (Å²) in [6.45, 7) is 0. The Kier molecular flexibility index (Phi) is 1.32. The minimum atomic E-state index is 0.794. The van der Waals surface area contributed by atoms with E-state index in [4.69, 9.17) is 11.6 Å². The van der Waals surface area contributed by atoms with Gasteiger partial charge in [-0.05, 0) is 12.1 Å². The highest BCUT2D eigenvalue weighted by atomic mass is 35.5. The van der Waals surface area contributed by atoms with E-state index in [1.54, 1.807) is 0 Å². The van der Waals surface area contributed by atoms with Crippen molar-refractivity contribution in [3.63, 3.8) is 0 Å². The fourth-order valence-corrected chi connectivity index (χ4v) is 0.560. The Hall–Kier alpha value is -0.490. The lowest BCUT2D eigenvalue weighted by atomic mass is 10.5. The van der Waals surface area contributed by atoms with Crippen molar-refractivity contribution in [1.82, 2.24) is 0 Å². The van der Waals surface area contributed by atoms with Gasteiger partial charge in [-0.15, -0.1) is 0 Å². The summed E-state index contributed by atoms with van der Waals surface area (Å²) in [5, 5.41) is 0.794. The van der Waals surface area contributed by atoms with E-state index in [9.17, 15) is 0 Å². The van der Waals surface area contributed by atoms with Crippen molar-refractivity contribution < 1.29 is 0 Å². The first-order chi connectivity index (χ1) is 3.39. The fraction of sp³-hybridized carbons (Fsp3) is 0. The van der Waals surface area contributed by atoms with Gasteiger partial charge >= 0.3 is 0 Å². The van der Waals surface area contributed by atoms with Gasteiger partial charge in [0.05, 0.1) is 0 Å². The summed E-state index contributed by atoms with van der Waals surface area (Å²) in [6.07, 6.45) is 0. The first kappa shape index (κ1) is 4.66. The van der Waals surface area contributed by atoms with Gasteiger partial charge in [0, 0.05) is 5.02 Å². The molecule has 36 valence electrons. The molecule has 0 saturated heterocycles. The van der Waals surface area contributed by atoms with Crippen molar-refractivity contribution in [2.75, 3.05) is 0 Å². The van der Waals surface area contributed by atoms with Crippen LogP contribution in [0.5, 0.6) is 0 Å². The fourth-order valence-electron chi connectivity index (χ4n) is 0.415. The van der Waals surface area contributed by atoms with E-state index < -0.39 is 0 Å². The summed E-state index contributed by atoms with van der Waals surface area (Å²) in [5.74, 6) is 0. The molecule has 0 N–H and O–H groups in total. The molecule has 0 bridgehead atoms. The van der Waals surface area contributed by atoms with Gasteiger partial charge in [-0.3, -0.25) is 0 Å². The van der Waals surface area contributed by atoms with E-state index in [2.05, 4.69) is 0 Å². The van der Waals surface area contributed by atoms with Gasteiger partial charge in [0.1, 0.15) is 0 Å². The largest absolute Gasteiger partial charge is 0.0843 e. The predicted molar refractivity (Wildman–Crippen MR) is 31.5 cm³/mol. The molecule has 1 rings (SSSR count). The van der Waals surface area contributed by atoms with E-state index in [-0.39, 0.29) is 0 Å². The Morgan fingerprint density at radius 1 is 1.00 bits per heavy atom. The first-order valence-electron chi connectivity index (χ1n) is 2.10. The van der Waals surface area contributed by atoms with Crippen LogP contribution < -0.4 is 0 Å². The van der Waals surface area contributed by atoms with Gasteiger partial charge in [-0.25, -0.2) is 0 Å². The van der Waals surface area contributed by atoms with E-state index in [1.807, 2.05) is 30.3 Å². The molecule has 0 radical (unpaired) electrons. The Morgan fingerprint density at radius 3 is 1.86 bits per heavy atom. The zero-order valence-corrected chi connectivity index (χ0v) is 4.52. The maximum absolute atomic E-state index is 5.54. The molecule has 0 atom stereocenters. The molecule has 0 aliphatic rings. The van der Waals surface area contributed by atoms with Gasteiger partial charge in [0.15, 0.2) is 0 Å². The minimum Gasteiger partial charge on any atom is -0.0843 e. The lowest BCUT2D eigenvalue weighted by Crippen LogP contribution is -1.55. The third-order valence-electron chi connectivity index (χ3n) is 0.733. The molecule has 1 aromatic carbocycles. The minimum absolute atomic E-state index is 0.794. The summed E-state index contributed by atoms with van der Waals surface area (Å²) in [6, 6.07) is 9.44. The number of halogens is 1. The molecule has 0 saturated carbocycles. The molecule has 7 heavy (non-hydrogen) atoms. The third-order valence-corrected chi connectivity index (χ3v) is 0.985. The van der Waals surface area contributed by atoms with E-state index >= 15 is 0 Å². The van der Waals surface area contributed by atoms with Crippen LogP contribution in [0.2, 0.25) is 5.02 Å². The number of hydrogen-bond acceptors (Lipinski definition) is 0. The summed E-state index contributed by atoms with van der Waals surface area (Å²) in [7, 11) is 0. The van der Waals surface area contributed by atoms with Crippen LogP contribution in [0.1, 0.15) is 0 Å². The first-order valence-corrected chi connectivity index (χ1v) is 2.48. The average molecular weight is 114 g/mol. The molecule has 0 amide bonds. The Labute approximate surface area is 47.7 Å². The second kappa shape index (κ2) is 1.99. The van der Waals surface area contributed by atoms with Crippen LogP contribution in [0, 0.1) is 0 Å². The van der Waals surface area contributed by atoms with Crippen molar-refractivity contribution in [2.45, 2.75) is 0 Å². The SMILES string of the molecule is Clc1cc[13cH]cc1. The van der Waals surface area contributed by atoms with Crippen molar-refractivity contribution >= 4 is 11.6 Å². The summed E-state index contributed by atoms with van der Waals surface area (Å²) in [5.41, 5.74) is 0. The molecule has 0 aliphatic carbocycles. The monoisotopic (exact) mass is 113 g/mol. The van der Waals surface area contributed by atoms with Crippen LogP contribution in [-0.2, 0) is 0 Å². The van der Waals surface area contributed by atoms with Crippen molar-refractivity contribution in [2.24, 2.45) is 0 Å². The third kappa shape index (κ3) is 1.20. The maximum atomic E-state index is 5.54. The zero-order chi connectivity index (χ0) is 5.11. The Bertz CT molecular complexity index is 134. The molecule has 0 aliphatic heterocycles. The highest BCUT2D eigenvalue weighted by molar-refractivity contribution is 6.30. The van der Waals surface area contributed by atoms with Gasteiger partial charge < -0.3 is 0 Å². The number of hydrogen-bond donors (Lipinski definition) is 0. The average Bonchev–Trinajstić information content (AvgIpc) is 1.69. The second-order valence-electron chi connectivity index (χ2n) is 1.30. The van der Waals surface area contributed by atoms with E-state index in [0.29, 0.717) is 0 Å². The van der Waals surface area contributed by atoms with Crippen LogP contribution in [0.25, 0.3) is 0 Å². The highest BCUT2D eigenvalue weighted by Gasteiger charge is 1.74. The van der Waals surface area contributed by atoms with Gasteiger partial charge in [0.2, 0.25) is 0 Å². The quantitative estimate of drug-likeness (QED) is 0.485. The molecule has 0 unspecified atom stereocenters. The van der Waals surface area contributed by atoms with Crippen molar-refractivity contribution in [3.05, 3.63) is 35.4 Å². The molecule has 0 spiro atoms. The smallest absolute Gasteiger partial charge is 0.0405 e.